The number of nitrogens with two attached hydrogens (primary N) is 1. The number of rotatable bonds is 6. The molecule has 0 heterocycles. The fourth-order valence-electron chi connectivity index (χ4n) is 2.83. The van der Waals surface area contributed by atoms with Crippen molar-refractivity contribution in [3.05, 3.63) is 34.9 Å². The molecule has 0 aliphatic heterocycles. The third-order valence-corrected chi connectivity index (χ3v) is 3.91. The molecule has 1 saturated carbocycles. The molecule has 1 aliphatic carbocycles. The molecule has 18 heavy (non-hydrogen) atoms. The Morgan fingerprint density at radius 2 is 1.83 bits per heavy atom. The molecule has 0 amide bonds. The van der Waals surface area contributed by atoms with E-state index >= 15 is 0 Å². The zero-order chi connectivity index (χ0) is 13.0. The first-order valence-corrected chi connectivity index (χ1v) is 7.20. The van der Waals surface area contributed by atoms with Crippen LogP contribution in [0.1, 0.15) is 42.4 Å². The summed E-state index contributed by atoms with van der Waals surface area (Å²) >= 11 is 0. The Morgan fingerprint density at radius 3 is 2.33 bits per heavy atom. The predicted molar refractivity (Wildman–Crippen MR) is 77.6 cm³/mol. The van der Waals surface area contributed by atoms with E-state index in [9.17, 15) is 0 Å². The number of aryl methyl sites for hydroxylation is 2. The molecule has 2 N–H and O–H groups in total. The molecule has 100 valence electrons. The Labute approximate surface area is 111 Å². The van der Waals surface area contributed by atoms with Crippen LogP contribution in [0.5, 0.6) is 0 Å². The van der Waals surface area contributed by atoms with Crippen molar-refractivity contribution in [2.75, 3.05) is 13.1 Å². The average Bonchev–Trinajstić information content (AvgIpc) is 2.21. The number of hydrogen-bond acceptors (Lipinski definition) is 2. The number of hydrogen-bond donors (Lipinski definition) is 1. The lowest BCUT2D eigenvalue weighted by Gasteiger charge is -2.37. The first-order valence-electron chi connectivity index (χ1n) is 7.20. The van der Waals surface area contributed by atoms with Crippen LogP contribution < -0.4 is 5.73 Å². The minimum Gasteiger partial charge on any atom is -0.330 e. The van der Waals surface area contributed by atoms with Gasteiger partial charge in [-0.05, 0) is 51.8 Å². The maximum absolute atomic E-state index is 5.65. The number of nitrogens with zero attached hydrogens (tertiary/aromatic N) is 1. The van der Waals surface area contributed by atoms with Gasteiger partial charge in [-0.2, -0.15) is 0 Å². The highest BCUT2D eigenvalue weighted by atomic mass is 15.2. The second kappa shape index (κ2) is 6.35. The van der Waals surface area contributed by atoms with Crippen molar-refractivity contribution in [1.82, 2.24) is 4.90 Å². The van der Waals surface area contributed by atoms with E-state index in [1.807, 2.05) is 0 Å². The van der Waals surface area contributed by atoms with Crippen LogP contribution in [0.4, 0.5) is 0 Å². The van der Waals surface area contributed by atoms with Gasteiger partial charge in [-0.15, -0.1) is 0 Å². The summed E-state index contributed by atoms with van der Waals surface area (Å²) in [4.78, 5) is 2.63. The van der Waals surface area contributed by atoms with Gasteiger partial charge in [0.05, 0.1) is 0 Å². The van der Waals surface area contributed by atoms with E-state index in [4.69, 9.17) is 5.73 Å². The lowest BCUT2D eigenvalue weighted by molar-refractivity contribution is 0.118. The summed E-state index contributed by atoms with van der Waals surface area (Å²) in [7, 11) is 0. The molecule has 0 spiro atoms. The van der Waals surface area contributed by atoms with E-state index in [0.717, 1.165) is 32.1 Å². The van der Waals surface area contributed by atoms with E-state index in [1.165, 1.54) is 36.0 Å². The van der Waals surface area contributed by atoms with Gasteiger partial charge in [0.1, 0.15) is 0 Å². The van der Waals surface area contributed by atoms with Crippen LogP contribution in [0.25, 0.3) is 0 Å². The van der Waals surface area contributed by atoms with Crippen LogP contribution in [0.3, 0.4) is 0 Å². The van der Waals surface area contributed by atoms with Gasteiger partial charge in [0.25, 0.3) is 0 Å². The van der Waals surface area contributed by atoms with Gasteiger partial charge in [0.15, 0.2) is 0 Å². The third-order valence-electron chi connectivity index (χ3n) is 3.91. The molecule has 0 radical (unpaired) electrons. The fraction of sp³-hybridized carbons (Fsp3) is 0.625. The molecule has 0 saturated heterocycles. The Morgan fingerprint density at radius 1 is 1.17 bits per heavy atom. The molecule has 0 bridgehead atoms. The molecular weight excluding hydrogens is 220 g/mol. The van der Waals surface area contributed by atoms with Gasteiger partial charge in [-0.3, -0.25) is 4.90 Å². The molecule has 1 fully saturated rings. The first-order chi connectivity index (χ1) is 8.69. The van der Waals surface area contributed by atoms with Crippen molar-refractivity contribution in [2.24, 2.45) is 5.73 Å². The molecule has 0 aromatic heterocycles. The maximum Gasteiger partial charge on any atom is 0.0236 e. The van der Waals surface area contributed by atoms with Crippen LogP contribution in [0, 0.1) is 13.8 Å². The summed E-state index contributed by atoms with van der Waals surface area (Å²) in [5, 5.41) is 0. The topological polar surface area (TPSA) is 29.3 Å². The van der Waals surface area contributed by atoms with Crippen LogP contribution in [0.15, 0.2) is 18.2 Å². The summed E-state index contributed by atoms with van der Waals surface area (Å²) in [5.41, 5.74) is 9.85. The molecule has 1 aromatic carbocycles. The van der Waals surface area contributed by atoms with E-state index in [1.54, 1.807) is 0 Å². The van der Waals surface area contributed by atoms with Crippen LogP contribution in [0.2, 0.25) is 0 Å². The fourth-order valence-corrected chi connectivity index (χ4v) is 2.83. The van der Waals surface area contributed by atoms with Crippen molar-refractivity contribution in [3.63, 3.8) is 0 Å². The molecule has 0 unspecified atom stereocenters. The highest BCUT2D eigenvalue weighted by molar-refractivity contribution is 5.28. The largest absolute Gasteiger partial charge is 0.330 e. The van der Waals surface area contributed by atoms with E-state index in [-0.39, 0.29) is 0 Å². The minimum atomic E-state index is 0.802. The molecule has 2 nitrogen and oxygen atoms in total. The second-order valence-electron chi connectivity index (χ2n) is 5.69. The summed E-state index contributed by atoms with van der Waals surface area (Å²) in [6.07, 6.45) is 5.25. The highest BCUT2D eigenvalue weighted by Crippen LogP contribution is 2.26. The smallest absolute Gasteiger partial charge is 0.0236 e. The molecule has 2 rings (SSSR count). The van der Waals surface area contributed by atoms with E-state index in [2.05, 4.69) is 36.9 Å². The third kappa shape index (κ3) is 3.56. The minimum absolute atomic E-state index is 0.802. The van der Waals surface area contributed by atoms with Crippen LogP contribution >= 0.6 is 0 Å². The second-order valence-corrected chi connectivity index (χ2v) is 5.69. The van der Waals surface area contributed by atoms with Gasteiger partial charge in [0.2, 0.25) is 0 Å². The van der Waals surface area contributed by atoms with Gasteiger partial charge >= 0.3 is 0 Å². The molecule has 0 atom stereocenters. The van der Waals surface area contributed by atoms with Crippen molar-refractivity contribution < 1.29 is 0 Å². The first kappa shape index (κ1) is 13.6. The summed E-state index contributed by atoms with van der Waals surface area (Å²) in [6, 6.07) is 7.69. The van der Waals surface area contributed by atoms with Crippen LogP contribution in [-0.2, 0) is 6.54 Å². The molecule has 1 aromatic rings. The predicted octanol–water partition coefficient (Wildman–Crippen LogP) is 3.01. The zero-order valence-corrected chi connectivity index (χ0v) is 11.8. The molecule has 2 heteroatoms. The zero-order valence-electron chi connectivity index (χ0n) is 11.8. The van der Waals surface area contributed by atoms with Crippen molar-refractivity contribution in [2.45, 2.75) is 52.1 Å². The van der Waals surface area contributed by atoms with Gasteiger partial charge in [0, 0.05) is 12.6 Å². The van der Waals surface area contributed by atoms with Gasteiger partial charge in [-0.25, -0.2) is 0 Å². The van der Waals surface area contributed by atoms with Crippen molar-refractivity contribution in [3.8, 4) is 0 Å². The Hall–Kier alpha value is -0.860. The van der Waals surface area contributed by atoms with Gasteiger partial charge in [-0.1, -0.05) is 35.7 Å². The Balaban J connectivity index is 2.02. The van der Waals surface area contributed by atoms with Crippen LogP contribution in [-0.4, -0.2) is 24.0 Å². The van der Waals surface area contributed by atoms with Gasteiger partial charge < -0.3 is 5.73 Å². The number of benzene rings is 1. The van der Waals surface area contributed by atoms with Crippen molar-refractivity contribution >= 4 is 0 Å². The monoisotopic (exact) mass is 246 g/mol. The normalized spacial score (nSPS) is 16.0. The summed E-state index contributed by atoms with van der Waals surface area (Å²) in [6.45, 7) is 7.41. The Bertz CT molecular complexity index is 362. The Kier molecular flexibility index (Phi) is 4.79. The lowest BCUT2D eigenvalue weighted by atomic mass is 9.91. The molecule has 1 aliphatic rings. The quantitative estimate of drug-likeness (QED) is 0.836. The SMILES string of the molecule is Cc1cc(C)cc(CN(CCCN)C2CCC2)c1. The molecular formula is C16H26N2. The van der Waals surface area contributed by atoms with E-state index in [0.29, 0.717) is 0 Å². The van der Waals surface area contributed by atoms with E-state index < -0.39 is 0 Å². The standard InChI is InChI=1S/C16H26N2/c1-13-9-14(2)11-15(10-13)12-18(8-4-7-17)16-5-3-6-16/h9-11,16H,3-8,12,17H2,1-2H3. The van der Waals surface area contributed by atoms with Crippen molar-refractivity contribution in [1.29, 1.82) is 0 Å². The summed E-state index contributed by atoms with van der Waals surface area (Å²) in [5.74, 6) is 0. The highest BCUT2D eigenvalue weighted by Gasteiger charge is 2.24. The summed E-state index contributed by atoms with van der Waals surface area (Å²) < 4.78 is 0. The average molecular weight is 246 g/mol. The lowest BCUT2D eigenvalue weighted by Crippen LogP contribution is -2.40. The maximum atomic E-state index is 5.65.